The predicted molar refractivity (Wildman–Crippen MR) is 76.7 cm³/mol. The minimum Gasteiger partial charge on any atom is -0.493 e. The second-order valence-corrected chi connectivity index (χ2v) is 4.48. The Hall–Kier alpha value is -1.10. The number of rotatable bonds is 10. The van der Waals surface area contributed by atoms with Crippen molar-refractivity contribution in [2.24, 2.45) is 0 Å². The number of hydrogen-bond acceptors (Lipinski definition) is 4. The minimum atomic E-state index is 0.683. The summed E-state index contributed by atoms with van der Waals surface area (Å²) in [5.74, 6) is 0.951. The summed E-state index contributed by atoms with van der Waals surface area (Å²) in [5.41, 5.74) is 2.43. The lowest BCUT2D eigenvalue weighted by Crippen LogP contribution is -2.19. The van der Waals surface area contributed by atoms with Crippen molar-refractivity contribution in [2.45, 2.75) is 19.9 Å². The molecule has 1 N–H and O–H groups in total. The normalized spacial score (nSPS) is 10.7. The van der Waals surface area contributed by atoms with Gasteiger partial charge in [-0.15, -0.1) is 0 Å². The zero-order valence-corrected chi connectivity index (χ0v) is 12.2. The molecule has 1 aromatic rings. The van der Waals surface area contributed by atoms with Gasteiger partial charge in [-0.05, 0) is 13.0 Å². The minimum absolute atomic E-state index is 0.683. The highest BCUT2D eigenvalue weighted by molar-refractivity contribution is 5.36. The molecule has 0 aliphatic rings. The number of aryl methyl sites for hydroxylation is 1. The van der Waals surface area contributed by atoms with Gasteiger partial charge in [0.25, 0.3) is 0 Å². The molecule has 0 amide bonds. The van der Waals surface area contributed by atoms with Gasteiger partial charge in [0.05, 0.1) is 13.2 Å². The monoisotopic (exact) mass is 267 g/mol. The van der Waals surface area contributed by atoms with Crippen LogP contribution >= 0.6 is 0 Å². The molecule has 0 aliphatic carbocycles. The molecule has 1 aromatic carbocycles. The number of hydrogen-bond donors (Lipinski definition) is 1. The van der Waals surface area contributed by atoms with Crippen molar-refractivity contribution in [2.75, 3.05) is 40.6 Å². The molecule has 108 valence electrons. The summed E-state index contributed by atoms with van der Waals surface area (Å²) in [4.78, 5) is 0. The first-order valence-corrected chi connectivity index (χ1v) is 6.69. The van der Waals surface area contributed by atoms with Gasteiger partial charge in [-0.25, -0.2) is 0 Å². The van der Waals surface area contributed by atoms with E-state index in [9.17, 15) is 0 Å². The Kier molecular flexibility index (Phi) is 8.21. The van der Waals surface area contributed by atoms with Crippen LogP contribution in [0.15, 0.2) is 18.2 Å². The molecular formula is C15H25NO3. The topological polar surface area (TPSA) is 39.7 Å². The average molecular weight is 267 g/mol. The Labute approximate surface area is 116 Å². The largest absolute Gasteiger partial charge is 0.493 e. The molecule has 1 rings (SSSR count). The third-order valence-corrected chi connectivity index (χ3v) is 2.76. The molecule has 0 heterocycles. The van der Waals surface area contributed by atoms with E-state index in [0.717, 1.165) is 38.5 Å². The number of methoxy groups -OCH3 is 2. The van der Waals surface area contributed by atoms with Gasteiger partial charge in [0.2, 0.25) is 0 Å². The van der Waals surface area contributed by atoms with Gasteiger partial charge in [0, 0.05) is 45.9 Å². The maximum Gasteiger partial charge on any atom is 0.123 e. The molecule has 19 heavy (non-hydrogen) atoms. The maximum atomic E-state index is 5.80. The summed E-state index contributed by atoms with van der Waals surface area (Å²) in [6, 6.07) is 6.27. The fourth-order valence-electron chi connectivity index (χ4n) is 1.77. The fraction of sp³-hybridized carbons (Fsp3) is 0.600. The van der Waals surface area contributed by atoms with Crippen LogP contribution in [-0.4, -0.2) is 40.6 Å². The molecule has 0 saturated heterocycles. The number of ether oxygens (including phenoxy) is 3. The van der Waals surface area contributed by atoms with E-state index in [4.69, 9.17) is 14.2 Å². The first kappa shape index (κ1) is 16.0. The molecule has 4 nitrogen and oxygen atoms in total. The van der Waals surface area contributed by atoms with Crippen LogP contribution in [-0.2, 0) is 16.0 Å². The van der Waals surface area contributed by atoms with Crippen molar-refractivity contribution in [3.8, 4) is 5.75 Å². The summed E-state index contributed by atoms with van der Waals surface area (Å²) < 4.78 is 15.8. The second-order valence-electron chi connectivity index (χ2n) is 4.48. The quantitative estimate of drug-likeness (QED) is 0.659. The highest BCUT2D eigenvalue weighted by atomic mass is 16.5. The van der Waals surface area contributed by atoms with E-state index in [2.05, 4.69) is 24.4 Å². The van der Waals surface area contributed by atoms with Gasteiger partial charge in [0.1, 0.15) is 5.75 Å². The summed E-state index contributed by atoms with van der Waals surface area (Å²) >= 11 is 0. The van der Waals surface area contributed by atoms with Crippen molar-refractivity contribution >= 4 is 0 Å². The lowest BCUT2D eigenvalue weighted by atomic mass is 10.1. The van der Waals surface area contributed by atoms with Crippen LogP contribution in [0.2, 0.25) is 0 Å². The number of nitrogens with one attached hydrogen (secondary N) is 1. The zero-order chi connectivity index (χ0) is 13.9. The van der Waals surface area contributed by atoms with E-state index in [-0.39, 0.29) is 0 Å². The van der Waals surface area contributed by atoms with Crippen molar-refractivity contribution in [1.29, 1.82) is 0 Å². The molecule has 0 unspecified atom stereocenters. The molecule has 0 spiro atoms. The second kappa shape index (κ2) is 9.78. The highest BCUT2D eigenvalue weighted by Crippen LogP contribution is 2.20. The molecule has 4 heteroatoms. The van der Waals surface area contributed by atoms with Crippen LogP contribution in [0.1, 0.15) is 17.5 Å². The highest BCUT2D eigenvalue weighted by Gasteiger charge is 2.04. The fourth-order valence-corrected chi connectivity index (χ4v) is 1.77. The third kappa shape index (κ3) is 6.57. The summed E-state index contributed by atoms with van der Waals surface area (Å²) in [5, 5.41) is 3.34. The van der Waals surface area contributed by atoms with Crippen LogP contribution in [0.4, 0.5) is 0 Å². The standard InChI is InChI=1S/C15H25NO3/c1-13-5-6-15(19-9-4-8-17-2)14(11-13)12-16-7-10-18-3/h5-6,11,16H,4,7-10,12H2,1-3H3. The summed E-state index contributed by atoms with van der Waals surface area (Å²) in [7, 11) is 3.41. The first-order valence-electron chi connectivity index (χ1n) is 6.69. The first-order chi connectivity index (χ1) is 9.27. The SMILES string of the molecule is COCCCOc1ccc(C)cc1CNCCOC. The van der Waals surface area contributed by atoms with Crippen molar-refractivity contribution in [3.63, 3.8) is 0 Å². The Balaban J connectivity index is 2.48. The molecule has 0 aromatic heterocycles. The Morgan fingerprint density at radius 2 is 1.84 bits per heavy atom. The molecule has 0 radical (unpaired) electrons. The van der Waals surface area contributed by atoms with Gasteiger partial charge in [-0.3, -0.25) is 0 Å². The summed E-state index contributed by atoms with van der Waals surface area (Å²) in [6.45, 7) is 5.86. The molecular weight excluding hydrogens is 242 g/mol. The van der Waals surface area contributed by atoms with E-state index < -0.39 is 0 Å². The maximum absolute atomic E-state index is 5.80. The average Bonchev–Trinajstić information content (AvgIpc) is 2.41. The predicted octanol–water partition coefficient (Wildman–Crippen LogP) is 2.15. The van der Waals surface area contributed by atoms with Crippen LogP contribution in [0, 0.1) is 6.92 Å². The van der Waals surface area contributed by atoms with Gasteiger partial charge in [0.15, 0.2) is 0 Å². The Morgan fingerprint density at radius 1 is 1.05 bits per heavy atom. The van der Waals surface area contributed by atoms with Crippen molar-refractivity contribution in [3.05, 3.63) is 29.3 Å². The molecule has 0 aliphatic heterocycles. The third-order valence-electron chi connectivity index (χ3n) is 2.76. The van der Waals surface area contributed by atoms with Crippen molar-refractivity contribution < 1.29 is 14.2 Å². The van der Waals surface area contributed by atoms with Gasteiger partial charge in [-0.1, -0.05) is 17.7 Å². The van der Waals surface area contributed by atoms with E-state index in [1.807, 2.05) is 6.07 Å². The Morgan fingerprint density at radius 3 is 2.58 bits per heavy atom. The van der Waals surface area contributed by atoms with Gasteiger partial charge < -0.3 is 19.5 Å². The lowest BCUT2D eigenvalue weighted by molar-refractivity contribution is 0.171. The van der Waals surface area contributed by atoms with Crippen LogP contribution in [0.3, 0.4) is 0 Å². The van der Waals surface area contributed by atoms with Crippen LogP contribution in [0.5, 0.6) is 5.75 Å². The molecule has 0 saturated carbocycles. The number of benzene rings is 1. The lowest BCUT2D eigenvalue weighted by Gasteiger charge is -2.13. The molecule has 0 atom stereocenters. The van der Waals surface area contributed by atoms with Gasteiger partial charge >= 0.3 is 0 Å². The van der Waals surface area contributed by atoms with Crippen molar-refractivity contribution in [1.82, 2.24) is 5.32 Å². The van der Waals surface area contributed by atoms with Crippen LogP contribution in [0.25, 0.3) is 0 Å². The van der Waals surface area contributed by atoms with Gasteiger partial charge in [-0.2, -0.15) is 0 Å². The zero-order valence-electron chi connectivity index (χ0n) is 12.2. The van der Waals surface area contributed by atoms with E-state index in [1.165, 1.54) is 11.1 Å². The molecule has 0 fully saturated rings. The van der Waals surface area contributed by atoms with E-state index in [1.54, 1.807) is 14.2 Å². The Bertz CT molecular complexity index is 355. The smallest absolute Gasteiger partial charge is 0.123 e. The summed E-state index contributed by atoms with van der Waals surface area (Å²) in [6.07, 6.45) is 0.904. The van der Waals surface area contributed by atoms with E-state index in [0.29, 0.717) is 6.61 Å². The van der Waals surface area contributed by atoms with E-state index >= 15 is 0 Å². The van der Waals surface area contributed by atoms with Crippen LogP contribution < -0.4 is 10.1 Å². The molecule has 0 bridgehead atoms.